The van der Waals surface area contributed by atoms with E-state index in [9.17, 15) is 0 Å². The first-order valence-corrected chi connectivity index (χ1v) is 6.35. The molecule has 86 valence electrons. The zero-order valence-corrected chi connectivity index (χ0v) is 9.87. The normalized spacial score (nSPS) is 31.9. The van der Waals surface area contributed by atoms with E-state index in [-0.39, 0.29) is 0 Å². The number of benzene rings is 1. The Morgan fingerprint density at radius 3 is 2.75 bits per heavy atom. The molecule has 0 amide bonds. The minimum atomic E-state index is 0.669. The summed E-state index contributed by atoms with van der Waals surface area (Å²) in [5.41, 5.74) is 9.36. The molecule has 2 saturated carbocycles. The quantitative estimate of drug-likeness (QED) is 0.745. The monoisotopic (exact) mass is 216 g/mol. The summed E-state index contributed by atoms with van der Waals surface area (Å²) < 4.78 is 0. The summed E-state index contributed by atoms with van der Waals surface area (Å²) >= 11 is 0. The number of nitrogens with one attached hydrogen (secondary N) is 1. The molecular formula is C14H20N2. The number of anilines is 2. The van der Waals surface area contributed by atoms with E-state index >= 15 is 0 Å². The average Bonchev–Trinajstić information content (AvgIpc) is 2.85. The van der Waals surface area contributed by atoms with Crippen LogP contribution in [0.1, 0.15) is 31.2 Å². The summed E-state index contributed by atoms with van der Waals surface area (Å²) in [4.78, 5) is 0. The summed E-state index contributed by atoms with van der Waals surface area (Å²) in [5.74, 6) is 1.87. The summed E-state index contributed by atoms with van der Waals surface area (Å²) in [5, 5.41) is 3.68. The maximum atomic E-state index is 6.04. The van der Waals surface area contributed by atoms with Gasteiger partial charge >= 0.3 is 0 Å². The fourth-order valence-electron chi connectivity index (χ4n) is 3.49. The van der Waals surface area contributed by atoms with Crippen molar-refractivity contribution in [2.75, 3.05) is 11.1 Å². The maximum absolute atomic E-state index is 6.04. The van der Waals surface area contributed by atoms with Crippen LogP contribution in [0, 0.1) is 18.8 Å². The van der Waals surface area contributed by atoms with Crippen LogP contribution in [0.3, 0.4) is 0 Å². The van der Waals surface area contributed by atoms with E-state index < -0.39 is 0 Å². The van der Waals surface area contributed by atoms with Crippen molar-refractivity contribution in [1.82, 2.24) is 0 Å². The van der Waals surface area contributed by atoms with Crippen LogP contribution in [0.15, 0.2) is 18.2 Å². The molecule has 3 N–H and O–H groups in total. The SMILES string of the molecule is Cc1cccc(N)c1NC1CC2CCC1C2. The third kappa shape index (κ3) is 1.57. The molecule has 3 unspecified atom stereocenters. The molecule has 1 aromatic carbocycles. The van der Waals surface area contributed by atoms with Crippen LogP contribution < -0.4 is 11.1 Å². The number of rotatable bonds is 2. The van der Waals surface area contributed by atoms with Crippen LogP contribution in [0.25, 0.3) is 0 Å². The number of fused-ring (bicyclic) bond motifs is 2. The van der Waals surface area contributed by atoms with E-state index in [1.165, 1.54) is 36.9 Å². The van der Waals surface area contributed by atoms with Gasteiger partial charge in [0.15, 0.2) is 0 Å². The molecule has 0 aromatic heterocycles. The van der Waals surface area contributed by atoms with Gasteiger partial charge in [0, 0.05) is 6.04 Å². The van der Waals surface area contributed by atoms with Crippen molar-refractivity contribution in [2.24, 2.45) is 11.8 Å². The predicted octanol–water partition coefficient (Wildman–Crippen LogP) is 3.18. The highest BCUT2D eigenvalue weighted by Crippen LogP contribution is 2.46. The summed E-state index contributed by atoms with van der Waals surface area (Å²) in [6.07, 6.45) is 5.64. The second kappa shape index (κ2) is 3.69. The zero-order chi connectivity index (χ0) is 11.1. The van der Waals surface area contributed by atoms with Gasteiger partial charge in [-0.15, -0.1) is 0 Å². The molecule has 3 rings (SSSR count). The van der Waals surface area contributed by atoms with E-state index in [1.807, 2.05) is 12.1 Å². The first-order chi connectivity index (χ1) is 7.74. The molecule has 1 aromatic rings. The van der Waals surface area contributed by atoms with Gasteiger partial charge < -0.3 is 11.1 Å². The van der Waals surface area contributed by atoms with Gasteiger partial charge in [0.2, 0.25) is 0 Å². The molecule has 16 heavy (non-hydrogen) atoms. The third-order valence-corrected chi connectivity index (χ3v) is 4.37. The predicted molar refractivity (Wildman–Crippen MR) is 68.5 cm³/mol. The van der Waals surface area contributed by atoms with Gasteiger partial charge in [-0.3, -0.25) is 0 Å². The molecule has 3 atom stereocenters. The molecule has 0 aliphatic heterocycles. The number of para-hydroxylation sites is 1. The topological polar surface area (TPSA) is 38.0 Å². The van der Waals surface area contributed by atoms with E-state index in [0.717, 1.165) is 17.5 Å². The Kier molecular flexibility index (Phi) is 2.31. The third-order valence-electron chi connectivity index (χ3n) is 4.37. The molecule has 0 saturated heterocycles. The Morgan fingerprint density at radius 1 is 1.25 bits per heavy atom. The number of nitrogen functional groups attached to an aromatic ring is 1. The van der Waals surface area contributed by atoms with Crippen molar-refractivity contribution in [1.29, 1.82) is 0 Å². The van der Waals surface area contributed by atoms with Crippen molar-refractivity contribution in [3.63, 3.8) is 0 Å². The van der Waals surface area contributed by atoms with Gasteiger partial charge in [-0.25, -0.2) is 0 Å². The van der Waals surface area contributed by atoms with Crippen LogP contribution in [0.4, 0.5) is 11.4 Å². The van der Waals surface area contributed by atoms with Gasteiger partial charge in [-0.05, 0) is 49.7 Å². The molecule has 0 spiro atoms. The highest BCUT2D eigenvalue weighted by molar-refractivity contribution is 5.70. The van der Waals surface area contributed by atoms with Crippen molar-refractivity contribution in [3.05, 3.63) is 23.8 Å². The van der Waals surface area contributed by atoms with E-state index in [0.29, 0.717) is 6.04 Å². The van der Waals surface area contributed by atoms with Crippen molar-refractivity contribution >= 4 is 11.4 Å². The Morgan fingerprint density at radius 2 is 2.12 bits per heavy atom. The lowest BCUT2D eigenvalue weighted by atomic mass is 9.95. The molecular weight excluding hydrogens is 196 g/mol. The van der Waals surface area contributed by atoms with E-state index in [2.05, 4.69) is 18.3 Å². The lowest BCUT2D eigenvalue weighted by molar-refractivity contribution is 0.440. The van der Waals surface area contributed by atoms with Crippen LogP contribution >= 0.6 is 0 Å². The molecule has 2 fully saturated rings. The summed E-state index contributed by atoms with van der Waals surface area (Å²) in [6.45, 7) is 2.13. The Hall–Kier alpha value is -1.18. The van der Waals surface area contributed by atoms with Crippen LogP contribution in [-0.2, 0) is 0 Å². The Labute approximate surface area is 97.2 Å². The highest BCUT2D eigenvalue weighted by Gasteiger charge is 2.39. The molecule has 2 aliphatic rings. The molecule has 2 aliphatic carbocycles. The number of hydrogen-bond acceptors (Lipinski definition) is 2. The Balaban J connectivity index is 1.79. The number of aryl methyl sites for hydroxylation is 1. The van der Waals surface area contributed by atoms with Crippen LogP contribution in [-0.4, -0.2) is 6.04 Å². The molecule has 2 bridgehead atoms. The number of nitrogens with two attached hydrogens (primary N) is 1. The fourth-order valence-corrected chi connectivity index (χ4v) is 3.49. The van der Waals surface area contributed by atoms with Crippen molar-refractivity contribution < 1.29 is 0 Å². The van der Waals surface area contributed by atoms with Crippen molar-refractivity contribution in [3.8, 4) is 0 Å². The highest BCUT2D eigenvalue weighted by atomic mass is 15.0. The first-order valence-electron chi connectivity index (χ1n) is 6.35. The van der Waals surface area contributed by atoms with E-state index in [1.54, 1.807) is 0 Å². The molecule has 0 heterocycles. The molecule has 2 heteroatoms. The van der Waals surface area contributed by atoms with Gasteiger partial charge in [0.05, 0.1) is 11.4 Å². The zero-order valence-electron chi connectivity index (χ0n) is 9.87. The minimum Gasteiger partial charge on any atom is -0.397 e. The van der Waals surface area contributed by atoms with Crippen LogP contribution in [0.2, 0.25) is 0 Å². The van der Waals surface area contributed by atoms with Crippen molar-refractivity contribution in [2.45, 2.75) is 38.6 Å². The van der Waals surface area contributed by atoms with Crippen LogP contribution in [0.5, 0.6) is 0 Å². The Bertz CT molecular complexity index is 379. The molecule has 2 nitrogen and oxygen atoms in total. The van der Waals surface area contributed by atoms with E-state index in [4.69, 9.17) is 5.73 Å². The smallest absolute Gasteiger partial charge is 0.0605 e. The van der Waals surface area contributed by atoms with Gasteiger partial charge in [-0.1, -0.05) is 18.6 Å². The summed E-state index contributed by atoms with van der Waals surface area (Å²) in [6, 6.07) is 6.81. The van der Waals surface area contributed by atoms with Gasteiger partial charge in [-0.2, -0.15) is 0 Å². The molecule has 0 radical (unpaired) electrons. The number of hydrogen-bond donors (Lipinski definition) is 2. The van der Waals surface area contributed by atoms with Gasteiger partial charge in [0.1, 0.15) is 0 Å². The second-order valence-corrected chi connectivity index (χ2v) is 5.46. The standard InChI is InChI=1S/C14H20N2/c1-9-3-2-4-12(15)14(9)16-13-8-10-5-6-11(13)7-10/h2-4,10-11,13,16H,5-8,15H2,1H3. The summed E-state index contributed by atoms with van der Waals surface area (Å²) in [7, 11) is 0. The average molecular weight is 216 g/mol. The lowest BCUT2D eigenvalue weighted by Crippen LogP contribution is -2.26. The largest absolute Gasteiger partial charge is 0.397 e. The lowest BCUT2D eigenvalue weighted by Gasteiger charge is -2.25. The maximum Gasteiger partial charge on any atom is 0.0605 e. The first kappa shape index (κ1) is 10.0. The minimum absolute atomic E-state index is 0.669. The second-order valence-electron chi connectivity index (χ2n) is 5.46. The fraction of sp³-hybridized carbons (Fsp3) is 0.571. The van der Waals surface area contributed by atoms with Gasteiger partial charge in [0.25, 0.3) is 0 Å².